The van der Waals surface area contributed by atoms with E-state index in [1.807, 2.05) is 12.1 Å². The number of carbonyl (C=O) groups is 1. The van der Waals surface area contributed by atoms with Crippen molar-refractivity contribution < 1.29 is 4.79 Å². The van der Waals surface area contributed by atoms with Gasteiger partial charge in [-0.1, -0.05) is 23.6 Å². The predicted octanol–water partition coefficient (Wildman–Crippen LogP) is 2.50. The van der Waals surface area contributed by atoms with E-state index in [2.05, 4.69) is 11.2 Å². The highest BCUT2D eigenvalue weighted by atomic mass is 35.5. The predicted molar refractivity (Wildman–Crippen MR) is 72.4 cm³/mol. The molecule has 2 aromatic rings. The van der Waals surface area contributed by atoms with Crippen molar-refractivity contribution in [1.29, 1.82) is 0 Å². The molecule has 0 atom stereocenters. The SMILES string of the molecule is C#CCNC(=O)c1sc2cccc(Cl)c2c1N. The number of hydrogen-bond donors (Lipinski definition) is 2. The monoisotopic (exact) mass is 264 g/mol. The van der Waals surface area contributed by atoms with E-state index >= 15 is 0 Å². The number of thiophene rings is 1. The van der Waals surface area contributed by atoms with Crippen LogP contribution >= 0.6 is 22.9 Å². The number of terminal acetylenes is 1. The lowest BCUT2D eigenvalue weighted by Crippen LogP contribution is -2.23. The summed E-state index contributed by atoms with van der Waals surface area (Å²) >= 11 is 7.35. The van der Waals surface area contributed by atoms with Crippen LogP contribution in [0.2, 0.25) is 5.02 Å². The zero-order chi connectivity index (χ0) is 12.4. The van der Waals surface area contributed by atoms with Crippen LogP contribution in [-0.4, -0.2) is 12.5 Å². The van der Waals surface area contributed by atoms with Crippen LogP contribution in [0.1, 0.15) is 9.67 Å². The Kier molecular flexibility index (Phi) is 3.23. The zero-order valence-corrected chi connectivity index (χ0v) is 10.4. The molecule has 1 aromatic heterocycles. The van der Waals surface area contributed by atoms with E-state index in [9.17, 15) is 4.79 Å². The fourth-order valence-electron chi connectivity index (χ4n) is 1.51. The van der Waals surface area contributed by atoms with Crippen LogP contribution in [0.5, 0.6) is 0 Å². The lowest BCUT2D eigenvalue weighted by Gasteiger charge is -1.99. The van der Waals surface area contributed by atoms with Crippen LogP contribution in [0, 0.1) is 12.3 Å². The normalized spacial score (nSPS) is 10.1. The molecular weight excluding hydrogens is 256 g/mol. The number of rotatable bonds is 2. The van der Waals surface area contributed by atoms with Gasteiger partial charge in [-0.15, -0.1) is 17.8 Å². The smallest absolute Gasteiger partial charge is 0.264 e. The van der Waals surface area contributed by atoms with Crippen molar-refractivity contribution in [2.75, 3.05) is 12.3 Å². The molecule has 86 valence electrons. The Morgan fingerprint density at radius 2 is 2.35 bits per heavy atom. The van der Waals surface area contributed by atoms with E-state index < -0.39 is 0 Å². The van der Waals surface area contributed by atoms with Crippen LogP contribution < -0.4 is 11.1 Å². The van der Waals surface area contributed by atoms with Crippen LogP contribution in [0.25, 0.3) is 10.1 Å². The second kappa shape index (κ2) is 4.66. The average Bonchev–Trinajstić information content (AvgIpc) is 2.65. The molecule has 0 unspecified atom stereocenters. The zero-order valence-electron chi connectivity index (χ0n) is 8.79. The summed E-state index contributed by atoms with van der Waals surface area (Å²) < 4.78 is 0.890. The van der Waals surface area contributed by atoms with E-state index in [4.69, 9.17) is 23.8 Å². The average molecular weight is 265 g/mol. The van der Waals surface area contributed by atoms with Crippen molar-refractivity contribution in [2.24, 2.45) is 0 Å². The van der Waals surface area contributed by atoms with Crippen molar-refractivity contribution in [1.82, 2.24) is 5.32 Å². The molecule has 0 aliphatic carbocycles. The minimum atomic E-state index is -0.266. The number of halogens is 1. The van der Waals surface area contributed by atoms with Crippen molar-refractivity contribution in [3.8, 4) is 12.3 Å². The van der Waals surface area contributed by atoms with Gasteiger partial charge in [0.2, 0.25) is 0 Å². The molecule has 0 aliphatic rings. The van der Waals surface area contributed by atoms with Gasteiger partial charge in [-0.3, -0.25) is 4.79 Å². The molecule has 0 bridgehead atoms. The molecule has 17 heavy (non-hydrogen) atoms. The maximum absolute atomic E-state index is 11.8. The van der Waals surface area contributed by atoms with E-state index in [1.165, 1.54) is 11.3 Å². The van der Waals surface area contributed by atoms with Crippen LogP contribution in [0.15, 0.2) is 18.2 Å². The van der Waals surface area contributed by atoms with Gasteiger partial charge in [-0.2, -0.15) is 0 Å². The first-order valence-corrected chi connectivity index (χ1v) is 6.02. The molecule has 0 spiro atoms. The fourth-order valence-corrected chi connectivity index (χ4v) is 2.91. The largest absolute Gasteiger partial charge is 0.397 e. The van der Waals surface area contributed by atoms with Gasteiger partial charge in [-0.05, 0) is 12.1 Å². The highest BCUT2D eigenvalue weighted by Crippen LogP contribution is 2.37. The van der Waals surface area contributed by atoms with Gasteiger partial charge < -0.3 is 11.1 Å². The highest BCUT2D eigenvalue weighted by molar-refractivity contribution is 7.21. The van der Waals surface area contributed by atoms with Crippen molar-refractivity contribution in [3.05, 3.63) is 28.1 Å². The molecule has 2 rings (SSSR count). The van der Waals surface area contributed by atoms with Gasteiger partial charge in [0.25, 0.3) is 5.91 Å². The molecule has 3 N–H and O–H groups in total. The maximum Gasteiger partial charge on any atom is 0.264 e. The fraction of sp³-hybridized carbons (Fsp3) is 0.0833. The highest BCUT2D eigenvalue weighted by Gasteiger charge is 2.17. The first kappa shape index (κ1) is 11.8. The number of amides is 1. The maximum atomic E-state index is 11.8. The summed E-state index contributed by atoms with van der Waals surface area (Å²) in [5.74, 6) is 2.07. The summed E-state index contributed by atoms with van der Waals surface area (Å²) in [6.45, 7) is 0.181. The molecule has 0 saturated heterocycles. The van der Waals surface area contributed by atoms with Gasteiger partial charge in [-0.25, -0.2) is 0 Å². The first-order valence-electron chi connectivity index (χ1n) is 4.83. The lowest BCUT2D eigenvalue weighted by atomic mass is 10.2. The Labute approximate surface area is 108 Å². The molecule has 1 heterocycles. The van der Waals surface area contributed by atoms with Gasteiger partial charge >= 0.3 is 0 Å². The van der Waals surface area contributed by atoms with Crippen molar-refractivity contribution >= 4 is 44.6 Å². The molecule has 5 heteroatoms. The number of hydrogen-bond acceptors (Lipinski definition) is 3. The Morgan fingerprint density at radius 3 is 3.00 bits per heavy atom. The number of carbonyl (C=O) groups excluding carboxylic acids is 1. The second-order valence-electron chi connectivity index (χ2n) is 3.34. The number of anilines is 1. The van der Waals surface area contributed by atoms with Gasteiger partial charge in [0, 0.05) is 10.1 Å². The Hall–Kier alpha value is -1.70. The van der Waals surface area contributed by atoms with E-state index in [0.29, 0.717) is 15.6 Å². The van der Waals surface area contributed by atoms with Gasteiger partial charge in [0.15, 0.2) is 0 Å². The summed E-state index contributed by atoms with van der Waals surface area (Å²) in [5.41, 5.74) is 6.33. The minimum absolute atomic E-state index is 0.181. The summed E-state index contributed by atoms with van der Waals surface area (Å²) in [5, 5.41) is 3.86. The summed E-state index contributed by atoms with van der Waals surface area (Å²) in [6, 6.07) is 5.44. The standard InChI is InChI=1S/C12H9ClN2OS/c1-2-6-15-12(16)11-10(14)9-7(13)4-3-5-8(9)17-11/h1,3-5H,6,14H2,(H,15,16). The molecule has 0 radical (unpaired) electrons. The topological polar surface area (TPSA) is 55.1 Å². The molecule has 1 amide bonds. The number of nitrogens with two attached hydrogens (primary N) is 1. The first-order chi connectivity index (χ1) is 8.15. The number of nitrogens with one attached hydrogen (secondary N) is 1. The van der Waals surface area contributed by atoms with Gasteiger partial charge in [0.1, 0.15) is 4.88 Å². The summed E-state index contributed by atoms with van der Waals surface area (Å²) in [7, 11) is 0. The molecule has 0 saturated carbocycles. The minimum Gasteiger partial charge on any atom is -0.397 e. The third-order valence-corrected chi connectivity index (χ3v) is 3.74. The van der Waals surface area contributed by atoms with Crippen LogP contribution in [0.4, 0.5) is 5.69 Å². The summed E-state index contributed by atoms with van der Waals surface area (Å²) in [4.78, 5) is 12.2. The number of benzene rings is 1. The summed E-state index contributed by atoms with van der Waals surface area (Å²) in [6.07, 6.45) is 5.08. The number of nitrogen functional groups attached to an aromatic ring is 1. The van der Waals surface area contributed by atoms with Gasteiger partial charge in [0.05, 0.1) is 17.3 Å². The van der Waals surface area contributed by atoms with Crippen molar-refractivity contribution in [2.45, 2.75) is 0 Å². The van der Waals surface area contributed by atoms with Crippen LogP contribution in [0.3, 0.4) is 0 Å². The van der Waals surface area contributed by atoms with Crippen molar-refractivity contribution in [3.63, 3.8) is 0 Å². The second-order valence-corrected chi connectivity index (χ2v) is 4.80. The Bertz CT molecular complexity index is 627. The van der Waals surface area contributed by atoms with E-state index in [-0.39, 0.29) is 12.5 Å². The third-order valence-electron chi connectivity index (χ3n) is 2.26. The third kappa shape index (κ3) is 2.07. The molecular formula is C12H9ClN2OS. The quantitative estimate of drug-likeness (QED) is 0.819. The Balaban J connectivity index is 2.50. The molecule has 3 nitrogen and oxygen atoms in total. The van der Waals surface area contributed by atoms with E-state index in [0.717, 1.165) is 10.1 Å². The number of fused-ring (bicyclic) bond motifs is 1. The Morgan fingerprint density at radius 1 is 1.59 bits per heavy atom. The van der Waals surface area contributed by atoms with Crippen LogP contribution in [-0.2, 0) is 0 Å². The molecule has 1 aromatic carbocycles. The molecule has 0 aliphatic heterocycles. The van der Waals surface area contributed by atoms with E-state index in [1.54, 1.807) is 6.07 Å². The lowest BCUT2D eigenvalue weighted by molar-refractivity contribution is 0.0963. The molecule has 0 fully saturated rings.